The van der Waals surface area contributed by atoms with E-state index in [0.29, 0.717) is 18.2 Å². The number of aliphatic imine (C=N–C) groups is 1. The highest BCUT2D eigenvalue weighted by atomic mass is 127. The zero-order valence-corrected chi connectivity index (χ0v) is 19.9. The van der Waals surface area contributed by atoms with Crippen molar-refractivity contribution in [3.63, 3.8) is 0 Å². The lowest BCUT2D eigenvalue weighted by molar-refractivity contribution is 0.0168. The number of ether oxygens (including phenoxy) is 2. The molecule has 0 aliphatic carbocycles. The molecule has 0 aromatic heterocycles. The van der Waals surface area contributed by atoms with Gasteiger partial charge in [0.05, 0.1) is 19.3 Å². The zero-order valence-electron chi connectivity index (χ0n) is 17.5. The highest BCUT2D eigenvalue weighted by Gasteiger charge is 2.22. The van der Waals surface area contributed by atoms with Crippen LogP contribution >= 0.6 is 24.0 Å². The van der Waals surface area contributed by atoms with E-state index in [0.717, 1.165) is 58.3 Å². The fourth-order valence-electron chi connectivity index (χ4n) is 3.82. The number of rotatable bonds is 10. The SMILES string of the molecule is CCNC(=NCC(C)N1CCCCC1C)NCCCOCC1CCCO1.I. The molecule has 7 heteroatoms. The molecule has 2 aliphatic heterocycles. The predicted octanol–water partition coefficient (Wildman–Crippen LogP) is 3.01. The summed E-state index contributed by atoms with van der Waals surface area (Å²) in [4.78, 5) is 7.40. The van der Waals surface area contributed by atoms with E-state index in [1.54, 1.807) is 0 Å². The van der Waals surface area contributed by atoms with Crippen molar-refractivity contribution in [1.82, 2.24) is 15.5 Å². The molecule has 2 heterocycles. The topological polar surface area (TPSA) is 58.1 Å². The Bertz CT molecular complexity index is 405. The van der Waals surface area contributed by atoms with Gasteiger partial charge in [0.2, 0.25) is 0 Å². The molecule has 0 spiro atoms. The first-order chi connectivity index (χ1) is 12.7. The number of hydrogen-bond acceptors (Lipinski definition) is 4. The summed E-state index contributed by atoms with van der Waals surface area (Å²) in [6.07, 6.45) is 7.63. The number of hydrogen-bond donors (Lipinski definition) is 2. The molecule has 27 heavy (non-hydrogen) atoms. The quantitative estimate of drug-likeness (QED) is 0.211. The molecule has 2 saturated heterocycles. The third kappa shape index (κ3) is 9.76. The van der Waals surface area contributed by atoms with Crippen molar-refractivity contribution in [2.75, 3.05) is 46.0 Å². The van der Waals surface area contributed by atoms with Gasteiger partial charge >= 0.3 is 0 Å². The molecule has 0 aromatic carbocycles. The van der Waals surface area contributed by atoms with Crippen molar-refractivity contribution < 1.29 is 9.47 Å². The van der Waals surface area contributed by atoms with Crippen LogP contribution in [-0.4, -0.2) is 75.0 Å². The van der Waals surface area contributed by atoms with Crippen molar-refractivity contribution >= 4 is 29.9 Å². The number of nitrogens with zero attached hydrogens (tertiary/aromatic N) is 2. The molecular weight excluding hydrogens is 455 g/mol. The smallest absolute Gasteiger partial charge is 0.191 e. The largest absolute Gasteiger partial charge is 0.379 e. The lowest BCUT2D eigenvalue weighted by atomic mass is 10.0. The maximum Gasteiger partial charge on any atom is 0.191 e. The molecule has 3 unspecified atom stereocenters. The van der Waals surface area contributed by atoms with Crippen LogP contribution in [0.3, 0.4) is 0 Å². The Labute approximate surface area is 183 Å². The summed E-state index contributed by atoms with van der Waals surface area (Å²) in [5.74, 6) is 0.920. The second kappa shape index (κ2) is 14.8. The molecule has 3 atom stereocenters. The van der Waals surface area contributed by atoms with E-state index in [-0.39, 0.29) is 24.0 Å². The van der Waals surface area contributed by atoms with Crippen LogP contribution < -0.4 is 10.6 Å². The Morgan fingerprint density at radius 1 is 1.26 bits per heavy atom. The van der Waals surface area contributed by atoms with Gasteiger partial charge in [-0.1, -0.05) is 6.42 Å². The molecule has 2 fully saturated rings. The van der Waals surface area contributed by atoms with Gasteiger partial charge in [-0.15, -0.1) is 24.0 Å². The molecule has 6 nitrogen and oxygen atoms in total. The van der Waals surface area contributed by atoms with Crippen LogP contribution in [0.4, 0.5) is 0 Å². The molecule has 0 aromatic rings. The van der Waals surface area contributed by atoms with Gasteiger partial charge in [-0.2, -0.15) is 0 Å². The van der Waals surface area contributed by atoms with E-state index in [2.05, 4.69) is 36.3 Å². The third-order valence-electron chi connectivity index (χ3n) is 5.36. The Morgan fingerprint density at radius 3 is 2.81 bits per heavy atom. The minimum Gasteiger partial charge on any atom is -0.379 e. The molecule has 0 amide bonds. The molecule has 2 N–H and O–H groups in total. The second-order valence-corrected chi connectivity index (χ2v) is 7.64. The van der Waals surface area contributed by atoms with E-state index >= 15 is 0 Å². The highest BCUT2D eigenvalue weighted by Crippen LogP contribution is 2.19. The summed E-state index contributed by atoms with van der Waals surface area (Å²) in [6.45, 7) is 13.0. The summed E-state index contributed by atoms with van der Waals surface area (Å²) in [5, 5.41) is 6.78. The normalized spacial score (nSPS) is 25.1. The van der Waals surface area contributed by atoms with Gasteiger partial charge in [0.1, 0.15) is 0 Å². The van der Waals surface area contributed by atoms with Crippen LogP contribution in [0.1, 0.15) is 59.3 Å². The Balaban J connectivity index is 0.00000364. The molecular formula is C20H41IN4O2. The van der Waals surface area contributed by atoms with E-state index in [1.807, 2.05) is 0 Å². The van der Waals surface area contributed by atoms with Gasteiger partial charge in [-0.3, -0.25) is 9.89 Å². The van der Waals surface area contributed by atoms with Crippen molar-refractivity contribution in [3.05, 3.63) is 0 Å². The van der Waals surface area contributed by atoms with E-state index < -0.39 is 0 Å². The third-order valence-corrected chi connectivity index (χ3v) is 5.36. The van der Waals surface area contributed by atoms with Gasteiger partial charge < -0.3 is 20.1 Å². The van der Waals surface area contributed by atoms with Crippen LogP contribution in [0, 0.1) is 0 Å². The maximum absolute atomic E-state index is 5.72. The summed E-state index contributed by atoms with van der Waals surface area (Å²) >= 11 is 0. The highest BCUT2D eigenvalue weighted by molar-refractivity contribution is 14.0. The number of guanidine groups is 1. The molecule has 2 rings (SSSR count). The second-order valence-electron chi connectivity index (χ2n) is 7.64. The van der Waals surface area contributed by atoms with Crippen molar-refractivity contribution in [1.29, 1.82) is 0 Å². The first-order valence-corrected chi connectivity index (χ1v) is 10.7. The monoisotopic (exact) mass is 496 g/mol. The standard InChI is InChI=1S/C20H40N4O2.HI/c1-4-21-20(22-11-8-13-25-16-19-10-7-14-26-19)23-15-18(3)24-12-6-5-9-17(24)2;/h17-19H,4-16H2,1-3H3,(H2,21,22,23);1H. The molecule has 0 radical (unpaired) electrons. The summed E-state index contributed by atoms with van der Waals surface area (Å²) in [5.41, 5.74) is 0. The van der Waals surface area contributed by atoms with Gasteiger partial charge in [-0.05, 0) is 59.4 Å². The van der Waals surface area contributed by atoms with Gasteiger partial charge in [0.15, 0.2) is 5.96 Å². The van der Waals surface area contributed by atoms with Crippen molar-refractivity contribution in [3.8, 4) is 0 Å². The van der Waals surface area contributed by atoms with Crippen LogP contribution in [-0.2, 0) is 9.47 Å². The van der Waals surface area contributed by atoms with E-state index in [1.165, 1.54) is 32.2 Å². The number of likely N-dealkylation sites (tertiary alicyclic amines) is 1. The van der Waals surface area contributed by atoms with E-state index in [9.17, 15) is 0 Å². The van der Waals surface area contributed by atoms with Crippen LogP contribution in [0.25, 0.3) is 0 Å². The van der Waals surface area contributed by atoms with Gasteiger partial charge in [0.25, 0.3) is 0 Å². The number of nitrogens with one attached hydrogen (secondary N) is 2. The molecule has 0 bridgehead atoms. The average molecular weight is 496 g/mol. The van der Waals surface area contributed by atoms with Gasteiger partial charge in [0, 0.05) is 38.4 Å². The minimum absolute atomic E-state index is 0. The summed E-state index contributed by atoms with van der Waals surface area (Å²) < 4.78 is 11.3. The fourth-order valence-corrected chi connectivity index (χ4v) is 3.82. The molecule has 160 valence electrons. The fraction of sp³-hybridized carbons (Fsp3) is 0.950. The average Bonchev–Trinajstić information content (AvgIpc) is 3.16. The Hall–Kier alpha value is -0.120. The lowest BCUT2D eigenvalue weighted by Gasteiger charge is -2.37. The first-order valence-electron chi connectivity index (χ1n) is 10.7. The van der Waals surface area contributed by atoms with Crippen LogP contribution in [0.15, 0.2) is 4.99 Å². The van der Waals surface area contributed by atoms with Crippen molar-refractivity contribution in [2.45, 2.75) is 77.5 Å². The number of piperidine rings is 1. The Morgan fingerprint density at radius 2 is 2.11 bits per heavy atom. The van der Waals surface area contributed by atoms with Crippen molar-refractivity contribution in [2.24, 2.45) is 4.99 Å². The number of halogens is 1. The minimum atomic E-state index is 0. The van der Waals surface area contributed by atoms with Crippen LogP contribution in [0.5, 0.6) is 0 Å². The van der Waals surface area contributed by atoms with Gasteiger partial charge in [-0.25, -0.2) is 0 Å². The zero-order chi connectivity index (χ0) is 18.6. The maximum atomic E-state index is 5.72. The first kappa shape index (κ1) is 24.9. The van der Waals surface area contributed by atoms with E-state index in [4.69, 9.17) is 14.5 Å². The summed E-state index contributed by atoms with van der Waals surface area (Å²) in [7, 11) is 0. The predicted molar refractivity (Wildman–Crippen MR) is 123 cm³/mol. The summed E-state index contributed by atoms with van der Waals surface area (Å²) in [6, 6.07) is 1.18. The Kier molecular flexibility index (Phi) is 13.7. The van der Waals surface area contributed by atoms with Crippen LogP contribution in [0.2, 0.25) is 0 Å². The molecule has 0 saturated carbocycles. The molecule has 2 aliphatic rings. The lowest BCUT2D eigenvalue weighted by Crippen LogP contribution is -2.45.